The number of terminal acetylenes is 1. The number of fused-ring (bicyclic) bond motifs is 1. The molecule has 0 saturated heterocycles. The van der Waals surface area contributed by atoms with E-state index in [9.17, 15) is 4.39 Å². The van der Waals surface area contributed by atoms with Crippen LogP contribution in [0.2, 0.25) is 0 Å². The molecule has 4 aromatic heterocycles. The van der Waals surface area contributed by atoms with E-state index in [1.165, 1.54) is 12.3 Å². The Morgan fingerprint density at radius 3 is 1.64 bits per heavy atom. The Bertz CT molecular complexity index is 1870. The topological polar surface area (TPSA) is 72.9 Å². The molecule has 1 N–H and O–H groups in total. The number of pyridine rings is 3. The summed E-state index contributed by atoms with van der Waals surface area (Å²) in [6, 6.07) is 26.7. The molecule has 0 aliphatic rings. The number of hydrogen-bond donors (Lipinski definition) is 1. The quantitative estimate of drug-likeness (QED) is 0.183. The highest BCUT2D eigenvalue weighted by atomic mass is 19.1. The first kappa shape index (κ1) is 32.3. The zero-order valence-electron chi connectivity index (χ0n) is 23.9. The van der Waals surface area contributed by atoms with Gasteiger partial charge in [-0.2, -0.15) is 0 Å². The zero-order chi connectivity index (χ0) is 30.4. The van der Waals surface area contributed by atoms with E-state index < -0.39 is 0 Å². The predicted molar refractivity (Wildman–Crippen MR) is 175 cm³/mol. The van der Waals surface area contributed by atoms with E-state index in [-0.39, 0.29) is 13.2 Å². The maximum atomic E-state index is 13.2. The molecule has 0 spiro atoms. The number of H-pyrrole nitrogens is 1. The SMILES string of the molecule is C.C#Cc1ccc(COCc2ccncc2)cc1.Fc1cnc2[nH]c(C#Cc3ccc(COCc4ccncc4)cc3)cc2c1. The number of aromatic nitrogens is 4. The first-order valence-electron chi connectivity index (χ1n) is 13.9. The van der Waals surface area contributed by atoms with E-state index in [0.29, 0.717) is 43.2 Å². The highest BCUT2D eigenvalue weighted by molar-refractivity contribution is 5.77. The summed E-state index contributed by atoms with van der Waals surface area (Å²) in [7, 11) is 0. The lowest BCUT2D eigenvalue weighted by molar-refractivity contribution is 0.107. The second-order valence-corrected chi connectivity index (χ2v) is 9.76. The molecule has 0 unspecified atom stereocenters. The average Bonchev–Trinajstić information content (AvgIpc) is 3.48. The number of benzene rings is 2. The van der Waals surface area contributed by atoms with Crippen LogP contribution < -0.4 is 0 Å². The van der Waals surface area contributed by atoms with Crippen LogP contribution >= 0.6 is 0 Å². The molecule has 0 amide bonds. The number of hydrogen-bond acceptors (Lipinski definition) is 5. The van der Waals surface area contributed by atoms with Crippen LogP contribution in [0.5, 0.6) is 0 Å². The van der Waals surface area contributed by atoms with Gasteiger partial charge in [-0.05, 0) is 88.8 Å². The first-order valence-corrected chi connectivity index (χ1v) is 13.9. The summed E-state index contributed by atoms with van der Waals surface area (Å²) in [5, 5.41) is 0.709. The molecule has 0 aliphatic heterocycles. The van der Waals surface area contributed by atoms with Gasteiger partial charge in [0.25, 0.3) is 0 Å². The standard InChI is InChI=1S/C22H16FN3O.C15H13NO.CH4/c23-20-11-19-12-21(26-22(19)25-13-20)6-5-16-1-3-17(4-2-16)14-27-15-18-7-9-24-10-8-18;1-2-13-3-5-14(6-4-13)11-17-12-15-7-9-16-10-8-15;/h1-4,7-13H,14-15H2,(H,25,26);1,3-10H,11-12H2;1H4. The average molecular weight is 597 g/mol. The van der Waals surface area contributed by atoms with Crippen LogP contribution in [0.3, 0.4) is 0 Å². The predicted octanol–water partition coefficient (Wildman–Crippen LogP) is 7.63. The third-order valence-corrected chi connectivity index (χ3v) is 6.43. The van der Waals surface area contributed by atoms with Gasteiger partial charge in [0.2, 0.25) is 0 Å². The first-order chi connectivity index (χ1) is 21.6. The van der Waals surface area contributed by atoms with Gasteiger partial charge in [0.05, 0.1) is 38.3 Å². The smallest absolute Gasteiger partial charge is 0.142 e. The molecule has 6 aromatic rings. The van der Waals surface area contributed by atoms with Gasteiger partial charge in [-0.15, -0.1) is 6.42 Å². The molecule has 4 heterocycles. The fourth-order valence-corrected chi connectivity index (χ4v) is 4.11. The third-order valence-electron chi connectivity index (χ3n) is 6.43. The Labute approximate surface area is 263 Å². The minimum absolute atomic E-state index is 0. The molecule has 0 fully saturated rings. The molecule has 0 atom stereocenters. The van der Waals surface area contributed by atoms with Gasteiger partial charge in [-0.3, -0.25) is 9.97 Å². The molecular weight excluding hydrogens is 563 g/mol. The van der Waals surface area contributed by atoms with Crippen molar-refractivity contribution < 1.29 is 13.9 Å². The van der Waals surface area contributed by atoms with Gasteiger partial charge < -0.3 is 14.5 Å². The number of halogens is 1. The van der Waals surface area contributed by atoms with Crippen LogP contribution in [0.1, 0.15) is 46.5 Å². The van der Waals surface area contributed by atoms with E-state index >= 15 is 0 Å². The van der Waals surface area contributed by atoms with E-state index in [0.717, 1.165) is 33.4 Å². The van der Waals surface area contributed by atoms with Gasteiger partial charge in [0.1, 0.15) is 11.5 Å². The zero-order valence-corrected chi connectivity index (χ0v) is 23.9. The molecule has 45 heavy (non-hydrogen) atoms. The molecule has 6 rings (SSSR count). The van der Waals surface area contributed by atoms with E-state index in [1.54, 1.807) is 30.9 Å². The maximum Gasteiger partial charge on any atom is 0.142 e. The Kier molecular flexibility index (Phi) is 12.1. The summed E-state index contributed by atoms with van der Waals surface area (Å²) >= 11 is 0. The van der Waals surface area contributed by atoms with Crippen LogP contribution in [0.4, 0.5) is 4.39 Å². The van der Waals surface area contributed by atoms with Crippen molar-refractivity contribution >= 4 is 11.0 Å². The summed E-state index contributed by atoms with van der Waals surface area (Å²) in [5.41, 5.74) is 7.54. The van der Waals surface area contributed by atoms with Crippen LogP contribution in [-0.4, -0.2) is 19.9 Å². The Balaban J connectivity index is 0.000000222. The van der Waals surface area contributed by atoms with Crippen LogP contribution in [0, 0.1) is 30.0 Å². The molecular formula is C38H33FN4O2. The van der Waals surface area contributed by atoms with Gasteiger partial charge in [0.15, 0.2) is 0 Å². The molecule has 0 bridgehead atoms. The normalized spacial score (nSPS) is 10.0. The highest BCUT2D eigenvalue weighted by Gasteiger charge is 2.01. The molecule has 224 valence electrons. The number of nitrogens with zero attached hydrogens (tertiary/aromatic N) is 3. The highest BCUT2D eigenvalue weighted by Crippen LogP contribution is 2.14. The van der Waals surface area contributed by atoms with Crippen LogP contribution in [0.15, 0.2) is 116 Å². The van der Waals surface area contributed by atoms with Crippen LogP contribution in [0.25, 0.3) is 11.0 Å². The summed E-state index contributed by atoms with van der Waals surface area (Å²) in [6.07, 6.45) is 13.5. The lowest BCUT2D eigenvalue weighted by Crippen LogP contribution is -1.94. The molecule has 0 aliphatic carbocycles. The minimum Gasteiger partial charge on any atom is -0.372 e. The van der Waals surface area contributed by atoms with Crippen molar-refractivity contribution in [2.45, 2.75) is 33.9 Å². The van der Waals surface area contributed by atoms with Gasteiger partial charge >= 0.3 is 0 Å². The summed E-state index contributed by atoms with van der Waals surface area (Å²) in [5.74, 6) is 8.37. The third kappa shape index (κ3) is 10.3. The summed E-state index contributed by atoms with van der Waals surface area (Å²) < 4.78 is 24.5. The lowest BCUT2D eigenvalue weighted by Gasteiger charge is -2.04. The Morgan fingerprint density at radius 1 is 0.644 bits per heavy atom. The number of rotatable bonds is 8. The van der Waals surface area contributed by atoms with Crippen molar-refractivity contribution in [2.75, 3.05) is 0 Å². The van der Waals surface area contributed by atoms with Crippen LogP contribution in [-0.2, 0) is 35.9 Å². The van der Waals surface area contributed by atoms with Crippen molar-refractivity contribution in [2.24, 2.45) is 0 Å². The van der Waals surface area contributed by atoms with E-state index in [4.69, 9.17) is 15.9 Å². The second kappa shape index (κ2) is 16.9. The number of aromatic amines is 1. The largest absolute Gasteiger partial charge is 0.372 e. The molecule has 0 saturated carbocycles. The molecule has 7 heteroatoms. The van der Waals surface area contributed by atoms with Crippen molar-refractivity contribution in [1.29, 1.82) is 0 Å². The van der Waals surface area contributed by atoms with E-state index in [2.05, 4.69) is 37.7 Å². The van der Waals surface area contributed by atoms with Crippen molar-refractivity contribution in [3.05, 3.63) is 161 Å². The minimum atomic E-state index is -0.359. The Morgan fingerprint density at radius 2 is 1.13 bits per heavy atom. The molecule has 6 nitrogen and oxygen atoms in total. The van der Waals surface area contributed by atoms with Gasteiger partial charge in [-0.1, -0.05) is 43.5 Å². The van der Waals surface area contributed by atoms with Crippen molar-refractivity contribution in [1.82, 2.24) is 19.9 Å². The Hall–Kier alpha value is -5.60. The monoisotopic (exact) mass is 596 g/mol. The number of nitrogens with one attached hydrogen (secondary N) is 1. The summed E-state index contributed by atoms with van der Waals surface area (Å²) in [4.78, 5) is 15.0. The van der Waals surface area contributed by atoms with Gasteiger partial charge in [0, 0.05) is 41.3 Å². The fraction of sp³-hybridized carbons (Fsp3) is 0.132. The molecule has 0 radical (unpaired) electrons. The van der Waals surface area contributed by atoms with Crippen molar-refractivity contribution in [3.63, 3.8) is 0 Å². The van der Waals surface area contributed by atoms with Gasteiger partial charge in [-0.25, -0.2) is 9.37 Å². The summed E-state index contributed by atoms with van der Waals surface area (Å²) in [6.45, 7) is 2.28. The molecule has 2 aromatic carbocycles. The lowest BCUT2D eigenvalue weighted by atomic mass is 10.1. The maximum absolute atomic E-state index is 13.2. The second-order valence-electron chi connectivity index (χ2n) is 9.76. The fourth-order valence-electron chi connectivity index (χ4n) is 4.11. The number of ether oxygens (including phenoxy) is 2. The van der Waals surface area contributed by atoms with E-state index in [1.807, 2.05) is 72.8 Å². The van der Waals surface area contributed by atoms with Crippen molar-refractivity contribution in [3.8, 4) is 24.2 Å².